The van der Waals surface area contributed by atoms with Crippen LogP contribution < -0.4 is 0 Å². The fourth-order valence-electron chi connectivity index (χ4n) is 6.27. The second kappa shape index (κ2) is 13.9. The summed E-state index contributed by atoms with van der Waals surface area (Å²) in [5.41, 5.74) is 3.47. The van der Waals surface area contributed by atoms with Crippen LogP contribution in [0.3, 0.4) is 0 Å². The number of fused-ring (bicyclic) bond motifs is 1. The molecule has 2 aromatic rings. The number of hydrogen-bond donors (Lipinski definition) is 3. The predicted octanol–water partition coefficient (Wildman–Crippen LogP) is 9.28. The van der Waals surface area contributed by atoms with Gasteiger partial charge < -0.3 is 15.3 Å². The van der Waals surface area contributed by atoms with Crippen molar-refractivity contribution in [3.8, 4) is 11.5 Å². The van der Waals surface area contributed by atoms with E-state index in [4.69, 9.17) is 0 Å². The van der Waals surface area contributed by atoms with Crippen LogP contribution in [-0.2, 0) is 16.6 Å². The molecule has 0 aromatic heterocycles. The van der Waals surface area contributed by atoms with Gasteiger partial charge in [-0.05, 0) is 90.8 Å². The van der Waals surface area contributed by atoms with Crippen molar-refractivity contribution >= 4 is 5.97 Å². The molecule has 41 heavy (non-hydrogen) atoms. The van der Waals surface area contributed by atoms with E-state index in [1.807, 2.05) is 24.3 Å². The highest BCUT2D eigenvalue weighted by Crippen LogP contribution is 2.50. The Labute approximate surface area is 238 Å². The minimum absolute atomic E-state index is 0.117. The van der Waals surface area contributed by atoms with Crippen molar-refractivity contribution in [2.75, 3.05) is 0 Å². The third-order valence-corrected chi connectivity index (χ3v) is 8.81. The Kier molecular flexibility index (Phi) is 11.1. The fraction of sp³-hybridized carbons (Fsp3) is 0.594. The molecule has 3 N–H and O–H groups in total. The van der Waals surface area contributed by atoms with Crippen molar-refractivity contribution < 1.29 is 42.1 Å². The van der Waals surface area contributed by atoms with Crippen LogP contribution in [0.25, 0.3) is 0 Å². The minimum Gasteiger partial charge on any atom is -0.508 e. The molecule has 0 spiro atoms. The lowest BCUT2D eigenvalue weighted by Crippen LogP contribution is -2.36. The second-order valence-corrected chi connectivity index (χ2v) is 11.7. The first-order valence-electron chi connectivity index (χ1n) is 14.5. The van der Waals surface area contributed by atoms with E-state index in [-0.39, 0.29) is 35.7 Å². The summed E-state index contributed by atoms with van der Waals surface area (Å²) >= 11 is 0. The van der Waals surface area contributed by atoms with Crippen LogP contribution in [-0.4, -0.2) is 33.4 Å². The lowest BCUT2D eigenvalue weighted by atomic mass is 9.60. The van der Waals surface area contributed by atoms with Crippen LogP contribution in [0.5, 0.6) is 11.5 Å². The van der Waals surface area contributed by atoms with Crippen LogP contribution in [0.2, 0.25) is 0 Å². The van der Waals surface area contributed by atoms with Crippen LogP contribution in [0.15, 0.2) is 42.5 Å². The molecule has 0 radical (unpaired) electrons. The van der Waals surface area contributed by atoms with Gasteiger partial charge in [-0.25, -0.2) is 0 Å². The summed E-state index contributed by atoms with van der Waals surface area (Å²) in [5.74, 6) is -6.12. The Balaban J connectivity index is 1.45. The van der Waals surface area contributed by atoms with Crippen molar-refractivity contribution in [3.63, 3.8) is 0 Å². The summed E-state index contributed by atoms with van der Waals surface area (Å²) in [6.07, 6.45) is 0.525. The summed E-state index contributed by atoms with van der Waals surface area (Å²) in [4.78, 5) is 11.4. The Morgan fingerprint density at radius 2 is 1.46 bits per heavy atom. The zero-order chi connectivity index (χ0) is 30.3. The predicted molar refractivity (Wildman–Crippen MR) is 148 cm³/mol. The van der Waals surface area contributed by atoms with Gasteiger partial charge in [0.25, 0.3) is 0 Å². The molecule has 228 valence electrons. The SMILES string of the molecule is C[C@]1(c2ccc(O)cc2)CCc2cc(O)ccc2[C@H]1CCCCCCCCC(CCCC(F)(F)C(F)(F)F)C(=O)O. The van der Waals surface area contributed by atoms with Gasteiger partial charge >= 0.3 is 18.1 Å². The quantitative estimate of drug-likeness (QED) is 0.144. The number of phenolic OH excluding ortho intramolecular Hbond substituents is 2. The van der Waals surface area contributed by atoms with Gasteiger partial charge in [-0.15, -0.1) is 0 Å². The molecule has 4 nitrogen and oxygen atoms in total. The van der Waals surface area contributed by atoms with Gasteiger partial charge in [0.05, 0.1) is 5.92 Å². The molecule has 1 aliphatic carbocycles. The van der Waals surface area contributed by atoms with Crippen molar-refractivity contribution in [3.05, 3.63) is 59.2 Å². The number of aryl methyl sites for hydroxylation is 1. The highest BCUT2D eigenvalue weighted by molar-refractivity contribution is 5.69. The highest BCUT2D eigenvalue weighted by atomic mass is 19.4. The summed E-state index contributed by atoms with van der Waals surface area (Å²) in [6, 6.07) is 13.0. The number of halogens is 5. The molecule has 0 heterocycles. The summed E-state index contributed by atoms with van der Waals surface area (Å²) in [7, 11) is 0. The Bertz CT molecular complexity index is 1130. The van der Waals surface area contributed by atoms with Gasteiger partial charge in [-0.2, -0.15) is 22.0 Å². The number of carbonyl (C=O) groups is 1. The zero-order valence-corrected chi connectivity index (χ0v) is 23.5. The van der Waals surface area contributed by atoms with E-state index in [1.165, 1.54) is 16.7 Å². The zero-order valence-electron chi connectivity index (χ0n) is 23.5. The molecule has 1 unspecified atom stereocenters. The van der Waals surface area contributed by atoms with Gasteiger partial charge in [-0.1, -0.05) is 63.6 Å². The number of hydrogen-bond acceptors (Lipinski definition) is 3. The monoisotopic (exact) mass is 584 g/mol. The molecular formula is C32H41F5O4. The summed E-state index contributed by atoms with van der Waals surface area (Å²) < 4.78 is 63.2. The van der Waals surface area contributed by atoms with E-state index < -0.39 is 36.8 Å². The molecule has 0 bridgehead atoms. The lowest BCUT2D eigenvalue weighted by molar-refractivity contribution is -0.284. The highest BCUT2D eigenvalue weighted by Gasteiger charge is 2.56. The van der Waals surface area contributed by atoms with Crippen molar-refractivity contribution in [1.29, 1.82) is 0 Å². The summed E-state index contributed by atoms with van der Waals surface area (Å²) in [5, 5.41) is 29.1. The van der Waals surface area contributed by atoms with Crippen LogP contribution >= 0.6 is 0 Å². The van der Waals surface area contributed by atoms with Crippen LogP contribution in [0.4, 0.5) is 22.0 Å². The third-order valence-electron chi connectivity index (χ3n) is 8.81. The average Bonchev–Trinajstić information content (AvgIpc) is 2.89. The normalized spacial score (nSPS) is 20.0. The average molecular weight is 585 g/mol. The molecule has 0 aliphatic heterocycles. The Hall–Kier alpha value is -2.84. The minimum atomic E-state index is -5.61. The largest absolute Gasteiger partial charge is 0.508 e. The maximum atomic E-state index is 13.1. The van der Waals surface area contributed by atoms with E-state index in [0.29, 0.717) is 6.42 Å². The molecule has 0 saturated heterocycles. The van der Waals surface area contributed by atoms with E-state index in [1.54, 1.807) is 18.2 Å². The maximum Gasteiger partial charge on any atom is 0.453 e. The molecule has 1 aliphatic rings. The van der Waals surface area contributed by atoms with Gasteiger partial charge in [0.2, 0.25) is 0 Å². The Morgan fingerprint density at radius 3 is 2.10 bits per heavy atom. The van der Waals surface area contributed by atoms with Crippen molar-refractivity contribution in [1.82, 2.24) is 0 Å². The summed E-state index contributed by atoms with van der Waals surface area (Å²) in [6.45, 7) is 2.27. The number of carboxylic acids is 1. The molecule has 3 atom stereocenters. The standard InChI is InChI=1S/C32H41F5O4/c1-30(24-12-14-25(38)15-13-24)20-18-23-21-26(39)16-17-27(23)28(30)11-7-5-3-2-4-6-9-22(29(40)41)10-8-19-31(33,34)32(35,36)37/h12-17,21-22,28,38-39H,2-11,18-20H2,1H3,(H,40,41)/t22?,28-,30-/m1/s1. The number of unbranched alkanes of at least 4 members (excludes halogenated alkanes) is 5. The number of aliphatic carboxylic acids is 1. The van der Waals surface area contributed by atoms with Gasteiger partial charge in [0.15, 0.2) is 0 Å². The number of alkyl halides is 5. The van der Waals surface area contributed by atoms with E-state index in [9.17, 15) is 42.1 Å². The Morgan fingerprint density at radius 1 is 0.878 bits per heavy atom. The van der Waals surface area contributed by atoms with E-state index >= 15 is 0 Å². The number of phenols is 2. The molecule has 0 saturated carbocycles. The van der Waals surface area contributed by atoms with Crippen LogP contribution in [0, 0.1) is 5.92 Å². The first-order chi connectivity index (χ1) is 19.2. The first-order valence-corrected chi connectivity index (χ1v) is 14.5. The molecule has 0 amide bonds. The van der Waals surface area contributed by atoms with Crippen LogP contribution in [0.1, 0.15) is 107 Å². The third kappa shape index (κ3) is 8.58. The number of carboxylic acid groups (broad SMARTS) is 1. The van der Waals surface area contributed by atoms with Gasteiger partial charge in [-0.3, -0.25) is 4.79 Å². The fourth-order valence-corrected chi connectivity index (χ4v) is 6.27. The van der Waals surface area contributed by atoms with Crippen molar-refractivity contribution in [2.24, 2.45) is 5.92 Å². The molecule has 0 fully saturated rings. The molecule has 9 heteroatoms. The van der Waals surface area contributed by atoms with Gasteiger partial charge in [0.1, 0.15) is 11.5 Å². The molecule has 3 rings (SSSR count). The van der Waals surface area contributed by atoms with E-state index in [0.717, 1.165) is 51.4 Å². The van der Waals surface area contributed by atoms with Crippen molar-refractivity contribution in [2.45, 2.75) is 114 Å². The molecule has 2 aromatic carbocycles. The van der Waals surface area contributed by atoms with Gasteiger partial charge in [0, 0.05) is 6.42 Å². The topological polar surface area (TPSA) is 77.8 Å². The first kappa shape index (κ1) is 32.7. The number of benzene rings is 2. The lowest BCUT2D eigenvalue weighted by Gasteiger charge is -2.43. The second-order valence-electron chi connectivity index (χ2n) is 11.7. The smallest absolute Gasteiger partial charge is 0.453 e. The molecular weight excluding hydrogens is 543 g/mol. The maximum absolute atomic E-state index is 13.1. The number of rotatable bonds is 15. The number of aromatic hydroxyl groups is 2. The van der Waals surface area contributed by atoms with E-state index in [2.05, 4.69) is 6.92 Å².